The molecule has 3 N–H and O–H groups in total. The van der Waals surface area contributed by atoms with Gasteiger partial charge >= 0.3 is 0 Å². The number of nitrogens with zero attached hydrogens (tertiary/aromatic N) is 1. The van der Waals surface area contributed by atoms with E-state index in [0.29, 0.717) is 0 Å². The first kappa shape index (κ1) is 6.74. The number of hydrogen-bond donors (Lipinski definition) is 2. The predicted molar refractivity (Wildman–Crippen MR) is 40.0 cm³/mol. The van der Waals surface area contributed by atoms with Crippen LogP contribution in [0.5, 0.6) is 0 Å². The molecule has 52 valence electrons. The van der Waals surface area contributed by atoms with Crippen LogP contribution >= 0.6 is 0 Å². The maximum Gasteiger partial charge on any atom is 0.123 e. The minimum atomic E-state index is 0.0971. The molecule has 0 saturated carbocycles. The molecular formula is C7H9N3. The summed E-state index contributed by atoms with van der Waals surface area (Å²) in [5.41, 5.74) is 6.97. The lowest BCUT2D eigenvalue weighted by Gasteiger charge is -1.99. The van der Waals surface area contributed by atoms with Crippen molar-refractivity contribution in [2.24, 2.45) is 5.73 Å². The van der Waals surface area contributed by atoms with Crippen LogP contribution in [0.2, 0.25) is 0 Å². The monoisotopic (exact) mass is 135 g/mol. The van der Waals surface area contributed by atoms with Crippen molar-refractivity contribution >= 4 is 5.84 Å². The van der Waals surface area contributed by atoms with Crippen LogP contribution in [0.25, 0.3) is 0 Å². The molecule has 1 rings (SSSR count). The zero-order valence-electron chi connectivity index (χ0n) is 5.76. The number of amidine groups is 1. The summed E-state index contributed by atoms with van der Waals surface area (Å²) in [5, 5.41) is 7.13. The Morgan fingerprint density at radius 3 is 2.80 bits per heavy atom. The predicted octanol–water partition coefficient (Wildman–Crippen LogP) is 0.674. The molecule has 0 aliphatic heterocycles. The minimum Gasteiger partial charge on any atom is -0.384 e. The van der Waals surface area contributed by atoms with Crippen LogP contribution in [0.1, 0.15) is 11.1 Å². The summed E-state index contributed by atoms with van der Waals surface area (Å²) < 4.78 is 0. The molecule has 0 radical (unpaired) electrons. The number of nitrogens with two attached hydrogens (primary N) is 1. The van der Waals surface area contributed by atoms with Gasteiger partial charge in [-0.3, -0.25) is 10.4 Å². The van der Waals surface area contributed by atoms with E-state index in [9.17, 15) is 0 Å². The van der Waals surface area contributed by atoms with Gasteiger partial charge in [-0.25, -0.2) is 0 Å². The summed E-state index contributed by atoms with van der Waals surface area (Å²) in [6, 6.07) is 1.73. The highest BCUT2D eigenvalue weighted by Gasteiger charge is 1.97. The van der Waals surface area contributed by atoms with Crippen LogP contribution in [0.3, 0.4) is 0 Å². The van der Waals surface area contributed by atoms with Crippen molar-refractivity contribution in [2.75, 3.05) is 0 Å². The largest absolute Gasteiger partial charge is 0.384 e. The van der Waals surface area contributed by atoms with E-state index in [4.69, 9.17) is 11.1 Å². The molecule has 0 fully saturated rings. The zero-order chi connectivity index (χ0) is 7.56. The standard InChI is InChI=1S/C7H9N3/c1-5-4-10-3-2-6(5)7(8)9/h2-4H,1H3,(H3,8,9). The van der Waals surface area contributed by atoms with Gasteiger partial charge in [0.1, 0.15) is 5.84 Å². The van der Waals surface area contributed by atoms with Gasteiger partial charge in [0.15, 0.2) is 0 Å². The summed E-state index contributed by atoms with van der Waals surface area (Å²) >= 11 is 0. The third-order valence-corrected chi connectivity index (χ3v) is 1.31. The molecule has 0 aromatic carbocycles. The summed E-state index contributed by atoms with van der Waals surface area (Å²) in [6.45, 7) is 1.88. The molecule has 0 aliphatic rings. The van der Waals surface area contributed by atoms with Crippen molar-refractivity contribution < 1.29 is 0 Å². The van der Waals surface area contributed by atoms with Crippen molar-refractivity contribution in [1.82, 2.24) is 4.98 Å². The molecule has 3 nitrogen and oxygen atoms in total. The van der Waals surface area contributed by atoms with Gasteiger partial charge in [-0.05, 0) is 18.6 Å². The molecule has 0 bridgehead atoms. The van der Waals surface area contributed by atoms with Crippen LogP contribution in [-0.4, -0.2) is 10.8 Å². The fraction of sp³-hybridized carbons (Fsp3) is 0.143. The second-order valence-electron chi connectivity index (χ2n) is 2.10. The van der Waals surface area contributed by atoms with E-state index >= 15 is 0 Å². The van der Waals surface area contributed by atoms with Crippen molar-refractivity contribution in [3.05, 3.63) is 29.6 Å². The summed E-state index contributed by atoms with van der Waals surface area (Å²) in [6.07, 6.45) is 3.32. The smallest absolute Gasteiger partial charge is 0.123 e. The molecule has 0 saturated heterocycles. The number of rotatable bonds is 1. The first-order chi connectivity index (χ1) is 4.72. The Morgan fingerprint density at radius 2 is 2.40 bits per heavy atom. The molecule has 0 spiro atoms. The SMILES string of the molecule is Cc1cnccc1C(=N)N. The molecule has 0 amide bonds. The van der Waals surface area contributed by atoms with Gasteiger partial charge in [-0.1, -0.05) is 0 Å². The molecule has 1 aromatic heterocycles. The topological polar surface area (TPSA) is 62.8 Å². The first-order valence-electron chi connectivity index (χ1n) is 2.97. The Morgan fingerprint density at radius 1 is 1.70 bits per heavy atom. The fourth-order valence-corrected chi connectivity index (χ4v) is 0.776. The highest BCUT2D eigenvalue weighted by molar-refractivity contribution is 5.96. The van der Waals surface area contributed by atoms with Crippen LogP contribution in [0.4, 0.5) is 0 Å². The number of pyridine rings is 1. The van der Waals surface area contributed by atoms with E-state index in [1.165, 1.54) is 0 Å². The lowest BCUT2D eigenvalue weighted by molar-refractivity contribution is 1.24. The number of nitrogens with one attached hydrogen (secondary N) is 1. The zero-order valence-corrected chi connectivity index (χ0v) is 5.76. The Labute approximate surface area is 59.4 Å². The maximum atomic E-state index is 7.13. The van der Waals surface area contributed by atoms with E-state index in [1.54, 1.807) is 18.5 Å². The number of hydrogen-bond acceptors (Lipinski definition) is 2. The van der Waals surface area contributed by atoms with Crippen LogP contribution in [0.15, 0.2) is 18.5 Å². The fourth-order valence-electron chi connectivity index (χ4n) is 0.776. The normalized spacial score (nSPS) is 9.30. The Balaban J connectivity index is 3.15. The second kappa shape index (κ2) is 2.47. The lowest BCUT2D eigenvalue weighted by atomic mass is 10.1. The molecule has 10 heavy (non-hydrogen) atoms. The van der Waals surface area contributed by atoms with E-state index in [0.717, 1.165) is 11.1 Å². The first-order valence-corrected chi connectivity index (χ1v) is 2.97. The van der Waals surface area contributed by atoms with E-state index in [2.05, 4.69) is 4.98 Å². The Hall–Kier alpha value is -1.38. The average Bonchev–Trinajstić information content (AvgIpc) is 1.88. The second-order valence-corrected chi connectivity index (χ2v) is 2.10. The highest BCUT2D eigenvalue weighted by Crippen LogP contribution is 2.02. The summed E-state index contributed by atoms with van der Waals surface area (Å²) in [7, 11) is 0. The van der Waals surface area contributed by atoms with Gasteiger partial charge < -0.3 is 5.73 Å². The Bertz CT molecular complexity index is 255. The van der Waals surface area contributed by atoms with E-state index in [1.807, 2.05) is 6.92 Å². The van der Waals surface area contributed by atoms with Gasteiger partial charge in [-0.15, -0.1) is 0 Å². The third-order valence-electron chi connectivity index (χ3n) is 1.31. The van der Waals surface area contributed by atoms with Gasteiger partial charge in [0.05, 0.1) is 0 Å². The molecule has 0 aliphatic carbocycles. The number of aromatic nitrogens is 1. The van der Waals surface area contributed by atoms with Crippen LogP contribution in [0, 0.1) is 12.3 Å². The van der Waals surface area contributed by atoms with Gasteiger partial charge in [-0.2, -0.15) is 0 Å². The van der Waals surface area contributed by atoms with Gasteiger partial charge in [0, 0.05) is 18.0 Å². The summed E-state index contributed by atoms with van der Waals surface area (Å²) in [4.78, 5) is 3.88. The average molecular weight is 135 g/mol. The van der Waals surface area contributed by atoms with Crippen LogP contribution < -0.4 is 5.73 Å². The summed E-state index contributed by atoms with van der Waals surface area (Å²) in [5.74, 6) is 0.0971. The third kappa shape index (κ3) is 1.13. The number of nitrogen functional groups attached to an aromatic ring is 1. The number of aryl methyl sites for hydroxylation is 1. The molecule has 3 heteroatoms. The van der Waals surface area contributed by atoms with Crippen molar-refractivity contribution in [3.63, 3.8) is 0 Å². The van der Waals surface area contributed by atoms with E-state index < -0.39 is 0 Å². The maximum absolute atomic E-state index is 7.13. The van der Waals surface area contributed by atoms with Crippen LogP contribution in [-0.2, 0) is 0 Å². The quantitative estimate of drug-likeness (QED) is 0.439. The van der Waals surface area contributed by atoms with Crippen molar-refractivity contribution in [1.29, 1.82) is 5.41 Å². The molecule has 1 heterocycles. The minimum absolute atomic E-state index is 0.0971. The van der Waals surface area contributed by atoms with Gasteiger partial charge in [0.2, 0.25) is 0 Å². The van der Waals surface area contributed by atoms with E-state index in [-0.39, 0.29) is 5.84 Å². The molecule has 0 unspecified atom stereocenters. The van der Waals surface area contributed by atoms with Crippen molar-refractivity contribution in [3.8, 4) is 0 Å². The highest BCUT2D eigenvalue weighted by atomic mass is 14.7. The Kier molecular flexibility index (Phi) is 1.67. The molecule has 0 atom stereocenters. The molecular weight excluding hydrogens is 126 g/mol. The lowest BCUT2D eigenvalue weighted by Crippen LogP contribution is -2.12. The van der Waals surface area contributed by atoms with Crippen molar-refractivity contribution in [2.45, 2.75) is 6.92 Å². The molecule has 1 aromatic rings. The van der Waals surface area contributed by atoms with Gasteiger partial charge in [0.25, 0.3) is 0 Å².